The highest BCUT2D eigenvalue weighted by Crippen LogP contribution is 2.20. The monoisotopic (exact) mass is 393 g/mol. The van der Waals surface area contributed by atoms with E-state index in [0.29, 0.717) is 19.5 Å². The number of carbonyl (C=O) groups excluding carboxylic acids is 2. The second-order valence-corrected chi connectivity index (χ2v) is 7.49. The van der Waals surface area contributed by atoms with Crippen molar-refractivity contribution in [1.82, 2.24) is 15.2 Å². The summed E-state index contributed by atoms with van der Waals surface area (Å²) in [6, 6.07) is 12.7. The van der Waals surface area contributed by atoms with Crippen molar-refractivity contribution in [1.29, 1.82) is 0 Å². The fourth-order valence-corrected chi connectivity index (χ4v) is 3.93. The highest BCUT2D eigenvalue weighted by molar-refractivity contribution is 5.98. The number of nitrogens with zero attached hydrogens (tertiary/aromatic N) is 1. The number of hydrogen-bond acceptors (Lipinski definition) is 2. The molecule has 1 aromatic heterocycles. The van der Waals surface area contributed by atoms with Crippen LogP contribution in [0.15, 0.2) is 54.7 Å². The van der Waals surface area contributed by atoms with E-state index < -0.39 is 17.8 Å². The van der Waals surface area contributed by atoms with E-state index >= 15 is 0 Å². The maximum atomic E-state index is 13.5. The first-order chi connectivity index (χ1) is 14.1. The van der Waals surface area contributed by atoms with Crippen LogP contribution in [0.4, 0.5) is 4.39 Å². The minimum atomic E-state index is -0.705. The van der Waals surface area contributed by atoms with Gasteiger partial charge in [0.1, 0.15) is 11.9 Å². The van der Waals surface area contributed by atoms with E-state index in [1.807, 2.05) is 35.4 Å². The minimum Gasteiger partial charge on any atom is -0.361 e. The van der Waals surface area contributed by atoms with Crippen LogP contribution in [-0.4, -0.2) is 40.8 Å². The first-order valence-electron chi connectivity index (χ1n) is 10.0. The van der Waals surface area contributed by atoms with Crippen LogP contribution in [-0.2, 0) is 11.2 Å². The molecule has 1 fully saturated rings. The number of benzene rings is 2. The number of amides is 2. The molecule has 0 spiro atoms. The third-order valence-electron chi connectivity index (χ3n) is 5.46. The molecule has 1 saturated heterocycles. The maximum Gasteiger partial charge on any atom is 0.252 e. The molecule has 1 aliphatic rings. The zero-order valence-electron chi connectivity index (χ0n) is 16.2. The largest absolute Gasteiger partial charge is 0.361 e. The number of rotatable bonds is 5. The normalized spacial score (nSPS) is 15.3. The predicted molar refractivity (Wildman–Crippen MR) is 110 cm³/mol. The molecule has 2 aromatic carbocycles. The molecule has 3 aromatic rings. The summed E-state index contributed by atoms with van der Waals surface area (Å²) < 4.78 is 13.5. The van der Waals surface area contributed by atoms with Crippen molar-refractivity contribution >= 4 is 22.7 Å². The lowest BCUT2D eigenvalue weighted by Gasteiger charge is -2.30. The molecule has 2 heterocycles. The fourth-order valence-electron chi connectivity index (χ4n) is 3.93. The van der Waals surface area contributed by atoms with Crippen molar-refractivity contribution < 1.29 is 14.0 Å². The number of halogens is 1. The number of aromatic amines is 1. The van der Waals surface area contributed by atoms with E-state index in [1.165, 1.54) is 18.2 Å². The smallest absolute Gasteiger partial charge is 0.252 e. The van der Waals surface area contributed by atoms with Crippen LogP contribution in [0, 0.1) is 5.82 Å². The zero-order chi connectivity index (χ0) is 20.2. The number of carbonyl (C=O) groups is 2. The topological polar surface area (TPSA) is 65.2 Å². The maximum absolute atomic E-state index is 13.5. The van der Waals surface area contributed by atoms with Crippen LogP contribution < -0.4 is 5.32 Å². The van der Waals surface area contributed by atoms with Gasteiger partial charge in [-0.3, -0.25) is 9.59 Å². The number of aromatic nitrogens is 1. The van der Waals surface area contributed by atoms with Crippen LogP contribution in [0.1, 0.15) is 35.2 Å². The highest BCUT2D eigenvalue weighted by atomic mass is 19.1. The minimum absolute atomic E-state index is 0.0836. The summed E-state index contributed by atoms with van der Waals surface area (Å²) in [4.78, 5) is 31.0. The van der Waals surface area contributed by atoms with Gasteiger partial charge in [-0.1, -0.05) is 24.3 Å². The third kappa shape index (κ3) is 4.31. The summed E-state index contributed by atoms with van der Waals surface area (Å²) in [6.45, 7) is 1.41. The lowest BCUT2D eigenvalue weighted by Crippen LogP contribution is -2.51. The van der Waals surface area contributed by atoms with Gasteiger partial charge < -0.3 is 15.2 Å². The molecular weight excluding hydrogens is 369 g/mol. The van der Waals surface area contributed by atoms with Crippen molar-refractivity contribution in [3.8, 4) is 0 Å². The number of H-pyrrole nitrogens is 1. The zero-order valence-corrected chi connectivity index (χ0v) is 16.2. The quantitative estimate of drug-likeness (QED) is 0.695. The van der Waals surface area contributed by atoms with Crippen molar-refractivity contribution in [2.45, 2.75) is 31.7 Å². The first kappa shape index (κ1) is 19.2. The molecule has 1 aliphatic heterocycles. The average molecular weight is 393 g/mol. The Balaban J connectivity index is 1.59. The number of likely N-dealkylation sites (tertiary alicyclic amines) is 1. The summed E-state index contributed by atoms with van der Waals surface area (Å²) in [5.74, 6) is -1.01. The van der Waals surface area contributed by atoms with E-state index in [4.69, 9.17) is 0 Å². The molecule has 0 radical (unpaired) electrons. The van der Waals surface area contributed by atoms with Gasteiger partial charge in [0.2, 0.25) is 5.91 Å². The molecule has 0 saturated carbocycles. The Morgan fingerprint density at radius 2 is 1.86 bits per heavy atom. The third-order valence-corrected chi connectivity index (χ3v) is 5.46. The van der Waals surface area contributed by atoms with Gasteiger partial charge in [0.05, 0.1) is 0 Å². The molecule has 0 aliphatic carbocycles. The van der Waals surface area contributed by atoms with Gasteiger partial charge in [-0.05, 0) is 49.1 Å². The highest BCUT2D eigenvalue weighted by Gasteiger charge is 2.28. The Hall–Kier alpha value is -3.15. The van der Waals surface area contributed by atoms with Crippen LogP contribution in [0.25, 0.3) is 10.9 Å². The molecule has 150 valence electrons. The van der Waals surface area contributed by atoms with Gasteiger partial charge >= 0.3 is 0 Å². The molecule has 29 heavy (non-hydrogen) atoms. The van der Waals surface area contributed by atoms with E-state index in [1.54, 1.807) is 6.07 Å². The second-order valence-electron chi connectivity index (χ2n) is 7.49. The van der Waals surface area contributed by atoms with Crippen LogP contribution >= 0.6 is 0 Å². The molecule has 0 unspecified atom stereocenters. The molecule has 5 nitrogen and oxygen atoms in total. The number of hydrogen-bond donors (Lipinski definition) is 2. The molecular formula is C23H24FN3O2. The van der Waals surface area contributed by atoms with Crippen molar-refractivity contribution in [2.24, 2.45) is 0 Å². The number of fused-ring (bicyclic) bond motifs is 1. The number of para-hydroxylation sites is 1. The van der Waals surface area contributed by atoms with E-state index in [0.717, 1.165) is 35.7 Å². The molecule has 1 atom stereocenters. The standard InChI is InChI=1S/C23H24FN3O2/c24-18-8-6-7-16(13-18)22(28)26-21(23(29)27-11-4-1-5-12-27)14-17-15-25-20-10-3-2-9-19(17)20/h2-3,6-10,13,15,21,25H,1,4-5,11-12,14H2,(H,26,28)/t21-/m1/s1. The van der Waals surface area contributed by atoms with Gasteiger partial charge in [0.15, 0.2) is 0 Å². The van der Waals surface area contributed by atoms with Gasteiger partial charge in [0, 0.05) is 42.2 Å². The first-order valence-corrected chi connectivity index (χ1v) is 10.0. The molecule has 2 N–H and O–H groups in total. The summed E-state index contributed by atoms with van der Waals surface area (Å²) >= 11 is 0. The van der Waals surface area contributed by atoms with Gasteiger partial charge in [0.25, 0.3) is 5.91 Å². The summed E-state index contributed by atoms with van der Waals surface area (Å²) in [5, 5.41) is 3.88. The Labute approximate surface area is 168 Å². The SMILES string of the molecule is O=C(N[C@H](Cc1c[nH]c2ccccc12)C(=O)N1CCCCC1)c1cccc(F)c1. The van der Waals surface area contributed by atoms with Crippen molar-refractivity contribution in [3.05, 3.63) is 71.7 Å². The lowest BCUT2D eigenvalue weighted by molar-refractivity contribution is -0.134. The van der Waals surface area contributed by atoms with Crippen LogP contribution in [0.5, 0.6) is 0 Å². The number of piperidine rings is 1. The summed E-state index contributed by atoms with van der Waals surface area (Å²) in [5.41, 5.74) is 2.17. The Kier molecular flexibility index (Phi) is 5.60. The number of nitrogens with one attached hydrogen (secondary N) is 2. The summed E-state index contributed by atoms with van der Waals surface area (Å²) in [7, 11) is 0. The van der Waals surface area contributed by atoms with Crippen molar-refractivity contribution in [2.75, 3.05) is 13.1 Å². The molecule has 6 heteroatoms. The fraction of sp³-hybridized carbons (Fsp3) is 0.304. The Morgan fingerprint density at radius 1 is 1.07 bits per heavy atom. The van der Waals surface area contributed by atoms with Gasteiger partial charge in [-0.2, -0.15) is 0 Å². The average Bonchev–Trinajstić information content (AvgIpc) is 3.16. The van der Waals surface area contributed by atoms with Gasteiger partial charge in [-0.15, -0.1) is 0 Å². The second kappa shape index (κ2) is 8.47. The van der Waals surface area contributed by atoms with Crippen LogP contribution in [0.2, 0.25) is 0 Å². The summed E-state index contributed by atoms with van der Waals surface area (Å²) in [6.07, 6.45) is 5.33. The van der Waals surface area contributed by atoms with E-state index in [-0.39, 0.29) is 11.5 Å². The molecule has 4 rings (SSSR count). The molecule has 2 amide bonds. The lowest BCUT2D eigenvalue weighted by atomic mass is 10.0. The Morgan fingerprint density at radius 3 is 2.66 bits per heavy atom. The van der Waals surface area contributed by atoms with E-state index in [9.17, 15) is 14.0 Å². The van der Waals surface area contributed by atoms with Crippen LogP contribution in [0.3, 0.4) is 0 Å². The van der Waals surface area contributed by atoms with Crippen molar-refractivity contribution in [3.63, 3.8) is 0 Å². The Bertz CT molecular complexity index is 1020. The van der Waals surface area contributed by atoms with E-state index in [2.05, 4.69) is 10.3 Å². The van der Waals surface area contributed by atoms with Gasteiger partial charge in [-0.25, -0.2) is 4.39 Å². The predicted octanol–water partition coefficient (Wildman–Crippen LogP) is 3.66. The molecule has 0 bridgehead atoms.